The van der Waals surface area contributed by atoms with Crippen molar-refractivity contribution in [3.63, 3.8) is 0 Å². The van der Waals surface area contributed by atoms with Gasteiger partial charge in [0.15, 0.2) is 0 Å². The fourth-order valence-electron chi connectivity index (χ4n) is 4.01. The molecule has 2 aliphatic rings. The molecule has 1 saturated heterocycles. The van der Waals surface area contributed by atoms with Gasteiger partial charge in [-0.2, -0.15) is 0 Å². The average molecular weight is 345 g/mol. The third kappa shape index (κ3) is 5.31. The van der Waals surface area contributed by atoms with Gasteiger partial charge in [0.2, 0.25) is 5.91 Å². The first-order valence-corrected chi connectivity index (χ1v) is 9.85. The Morgan fingerprint density at radius 1 is 1.24 bits per heavy atom. The summed E-state index contributed by atoms with van der Waals surface area (Å²) in [5, 5.41) is 6.44. The molecule has 0 aromatic carbocycles. The Labute approximate surface area is 150 Å². The second-order valence-electron chi connectivity index (χ2n) is 7.33. The van der Waals surface area contributed by atoms with E-state index in [1.807, 2.05) is 6.07 Å². The second-order valence-corrected chi connectivity index (χ2v) is 7.33. The number of piperidine rings is 1. The molecule has 0 unspecified atom stereocenters. The SMILES string of the molecule is CCNc1cc(N2CCC[C@@H](CCC(=O)NC3CCCC3)C2)ncn1. The molecule has 1 aromatic heterocycles. The number of carbonyl (C=O) groups is 1. The summed E-state index contributed by atoms with van der Waals surface area (Å²) in [4.78, 5) is 23.2. The van der Waals surface area contributed by atoms with Gasteiger partial charge >= 0.3 is 0 Å². The van der Waals surface area contributed by atoms with Crippen LogP contribution < -0.4 is 15.5 Å². The van der Waals surface area contributed by atoms with Crippen LogP contribution in [0, 0.1) is 5.92 Å². The van der Waals surface area contributed by atoms with Crippen LogP contribution in [0.1, 0.15) is 58.3 Å². The maximum atomic E-state index is 12.2. The lowest BCUT2D eigenvalue weighted by atomic mass is 9.93. The van der Waals surface area contributed by atoms with Crippen molar-refractivity contribution in [1.82, 2.24) is 15.3 Å². The van der Waals surface area contributed by atoms with E-state index in [4.69, 9.17) is 0 Å². The summed E-state index contributed by atoms with van der Waals surface area (Å²) in [6, 6.07) is 2.46. The first kappa shape index (κ1) is 18.0. The number of aromatic nitrogens is 2. The minimum Gasteiger partial charge on any atom is -0.370 e. The zero-order valence-electron chi connectivity index (χ0n) is 15.3. The van der Waals surface area contributed by atoms with Crippen molar-refractivity contribution < 1.29 is 4.79 Å². The standard InChI is InChI=1S/C19H31N5O/c1-2-20-17-12-18(22-14-21-17)24-11-5-6-15(13-24)9-10-19(25)23-16-7-3-4-8-16/h12,14-16H,2-11,13H2,1H3,(H,23,25)(H,20,21,22)/t15-/m0/s1. The van der Waals surface area contributed by atoms with Gasteiger partial charge in [0.05, 0.1) is 0 Å². The largest absolute Gasteiger partial charge is 0.370 e. The highest BCUT2D eigenvalue weighted by Gasteiger charge is 2.23. The highest BCUT2D eigenvalue weighted by molar-refractivity contribution is 5.76. The normalized spacial score (nSPS) is 21.3. The highest BCUT2D eigenvalue weighted by Crippen LogP contribution is 2.25. The van der Waals surface area contributed by atoms with Crippen molar-refractivity contribution in [2.24, 2.45) is 5.92 Å². The number of nitrogens with zero attached hydrogens (tertiary/aromatic N) is 3. The minimum atomic E-state index is 0.237. The summed E-state index contributed by atoms with van der Waals surface area (Å²) in [6.45, 7) is 4.94. The average Bonchev–Trinajstić information content (AvgIpc) is 3.14. The molecule has 3 rings (SSSR count). The van der Waals surface area contributed by atoms with Crippen molar-refractivity contribution in [2.45, 2.75) is 64.3 Å². The number of nitrogens with one attached hydrogen (secondary N) is 2. The number of carbonyl (C=O) groups excluding carboxylic acids is 1. The molecule has 2 heterocycles. The Bertz CT molecular complexity index is 559. The van der Waals surface area contributed by atoms with E-state index in [2.05, 4.69) is 32.4 Å². The van der Waals surface area contributed by atoms with Gasteiger partial charge in [-0.1, -0.05) is 12.8 Å². The maximum Gasteiger partial charge on any atom is 0.220 e. The topological polar surface area (TPSA) is 70.2 Å². The van der Waals surface area contributed by atoms with E-state index < -0.39 is 0 Å². The summed E-state index contributed by atoms with van der Waals surface area (Å²) in [5.74, 6) is 2.68. The quantitative estimate of drug-likeness (QED) is 0.795. The van der Waals surface area contributed by atoms with E-state index >= 15 is 0 Å². The van der Waals surface area contributed by atoms with E-state index in [9.17, 15) is 4.79 Å². The van der Waals surface area contributed by atoms with Gasteiger partial charge < -0.3 is 15.5 Å². The van der Waals surface area contributed by atoms with Crippen molar-refractivity contribution in [3.05, 3.63) is 12.4 Å². The van der Waals surface area contributed by atoms with Crippen LogP contribution in [-0.2, 0) is 4.79 Å². The van der Waals surface area contributed by atoms with Crippen molar-refractivity contribution >= 4 is 17.5 Å². The molecular formula is C19H31N5O. The molecule has 0 radical (unpaired) electrons. The fraction of sp³-hybridized carbons (Fsp3) is 0.737. The Morgan fingerprint density at radius 2 is 2.08 bits per heavy atom. The molecule has 1 atom stereocenters. The lowest BCUT2D eigenvalue weighted by Gasteiger charge is -2.33. The van der Waals surface area contributed by atoms with Gasteiger partial charge in [-0.3, -0.25) is 4.79 Å². The summed E-state index contributed by atoms with van der Waals surface area (Å²) < 4.78 is 0. The Kier molecular flexibility index (Phi) is 6.48. The van der Waals surface area contributed by atoms with Crippen molar-refractivity contribution in [2.75, 3.05) is 29.9 Å². The zero-order chi connectivity index (χ0) is 17.5. The molecule has 138 valence electrons. The van der Waals surface area contributed by atoms with Crippen molar-refractivity contribution in [3.8, 4) is 0 Å². The molecule has 25 heavy (non-hydrogen) atoms. The van der Waals surface area contributed by atoms with Crippen LogP contribution in [-0.4, -0.2) is 41.6 Å². The van der Waals surface area contributed by atoms with Gasteiger partial charge in [0, 0.05) is 38.2 Å². The molecule has 6 nitrogen and oxygen atoms in total. The van der Waals surface area contributed by atoms with E-state index in [-0.39, 0.29) is 5.91 Å². The summed E-state index contributed by atoms with van der Waals surface area (Å²) in [5.41, 5.74) is 0. The summed E-state index contributed by atoms with van der Waals surface area (Å²) in [7, 11) is 0. The molecule has 1 aromatic rings. The lowest BCUT2D eigenvalue weighted by molar-refractivity contribution is -0.122. The van der Waals surface area contributed by atoms with Crippen molar-refractivity contribution in [1.29, 1.82) is 0 Å². The van der Waals surface area contributed by atoms with Gasteiger partial charge in [0.1, 0.15) is 18.0 Å². The van der Waals surface area contributed by atoms with E-state index in [0.717, 1.165) is 57.0 Å². The van der Waals surface area contributed by atoms with Crippen LogP contribution >= 0.6 is 0 Å². The van der Waals surface area contributed by atoms with Crippen LogP contribution in [0.4, 0.5) is 11.6 Å². The van der Waals surface area contributed by atoms with Crippen LogP contribution in [0.3, 0.4) is 0 Å². The van der Waals surface area contributed by atoms with E-state index in [1.165, 1.54) is 19.3 Å². The lowest BCUT2D eigenvalue weighted by Crippen LogP contribution is -2.37. The first-order chi connectivity index (χ1) is 12.2. The fourth-order valence-corrected chi connectivity index (χ4v) is 4.01. The predicted molar refractivity (Wildman–Crippen MR) is 101 cm³/mol. The summed E-state index contributed by atoms with van der Waals surface area (Å²) in [6.07, 6.45) is 10.5. The molecule has 1 aliphatic heterocycles. The Morgan fingerprint density at radius 3 is 2.88 bits per heavy atom. The molecular weight excluding hydrogens is 314 g/mol. The number of amides is 1. The Hall–Kier alpha value is -1.85. The predicted octanol–water partition coefficient (Wildman–Crippen LogP) is 2.96. The van der Waals surface area contributed by atoms with Crippen LogP contribution in [0.5, 0.6) is 0 Å². The molecule has 2 N–H and O–H groups in total. The second kappa shape index (κ2) is 9.02. The molecule has 6 heteroatoms. The smallest absolute Gasteiger partial charge is 0.220 e. The maximum absolute atomic E-state index is 12.2. The van der Waals surface area contributed by atoms with E-state index in [0.29, 0.717) is 18.4 Å². The third-order valence-electron chi connectivity index (χ3n) is 5.35. The van der Waals surface area contributed by atoms with Gasteiger partial charge in [-0.25, -0.2) is 9.97 Å². The molecule has 2 fully saturated rings. The minimum absolute atomic E-state index is 0.237. The highest BCUT2D eigenvalue weighted by atomic mass is 16.1. The van der Waals surface area contributed by atoms with Crippen LogP contribution in [0.2, 0.25) is 0 Å². The Balaban J connectivity index is 1.47. The molecule has 0 spiro atoms. The van der Waals surface area contributed by atoms with Crippen LogP contribution in [0.25, 0.3) is 0 Å². The van der Waals surface area contributed by atoms with Gasteiger partial charge in [0.25, 0.3) is 0 Å². The molecule has 1 aliphatic carbocycles. The number of anilines is 2. The monoisotopic (exact) mass is 345 g/mol. The number of hydrogen-bond acceptors (Lipinski definition) is 5. The first-order valence-electron chi connectivity index (χ1n) is 9.85. The molecule has 0 bridgehead atoms. The number of rotatable bonds is 7. The third-order valence-corrected chi connectivity index (χ3v) is 5.35. The van der Waals surface area contributed by atoms with Gasteiger partial charge in [-0.05, 0) is 44.9 Å². The van der Waals surface area contributed by atoms with Gasteiger partial charge in [-0.15, -0.1) is 0 Å². The molecule has 1 amide bonds. The molecule has 1 saturated carbocycles. The zero-order valence-corrected chi connectivity index (χ0v) is 15.3. The number of hydrogen-bond donors (Lipinski definition) is 2. The van der Waals surface area contributed by atoms with E-state index in [1.54, 1.807) is 6.33 Å². The van der Waals surface area contributed by atoms with Crippen LogP contribution in [0.15, 0.2) is 12.4 Å². The summed E-state index contributed by atoms with van der Waals surface area (Å²) >= 11 is 0.